The number of amides is 1. The molecule has 0 aliphatic rings. The minimum Gasteiger partial charge on any atom is -0.323 e. The molecule has 0 atom stereocenters. The normalized spacial score (nSPS) is 9.70. The summed E-state index contributed by atoms with van der Waals surface area (Å²) >= 11 is 1.49. The fraction of sp³-hybridized carbons (Fsp3) is 0.133. The lowest BCUT2D eigenvalue weighted by atomic mass is 10.2. The molecule has 1 heterocycles. The van der Waals surface area contributed by atoms with Gasteiger partial charge >= 0.3 is 0 Å². The Morgan fingerprint density at radius 1 is 1.40 bits per heavy atom. The summed E-state index contributed by atoms with van der Waals surface area (Å²) in [5, 5.41) is 4.45. The summed E-state index contributed by atoms with van der Waals surface area (Å²) in [4.78, 5) is 12.7. The summed E-state index contributed by atoms with van der Waals surface area (Å²) < 4.78 is 13.8. The van der Waals surface area contributed by atoms with E-state index in [1.807, 2.05) is 17.5 Å². The van der Waals surface area contributed by atoms with E-state index in [2.05, 4.69) is 17.2 Å². The van der Waals surface area contributed by atoms with Gasteiger partial charge in [0.25, 0.3) is 0 Å². The maximum atomic E-state index is 13.8. The van der Waals surface area contributed by atoms with Crippen molar-refractivity contribution in [3.05, 3.63) is 52.0 Å². The van der Waals surface area contributed by atoms with Crippen molar-refractivity contribution < 1.29 is 9.18 Å². The fourth-order valence-electron chi connectivity index (χ4n) is 1.61. The molecular formula is C15H13FN2OS. The molecule has 0 spiro atoms. The van der Waals surface area contributed by atoms with E-state index in [9.17, 15) is 9.18 Å². The van der Waals surface area contributed by atoms with Gasteiger partial charge in [0.2, 0.25) is 5.91 Å². The molecule has 0 unspecified atom stereocenters. The Morgan fingerprint density at radius 2 is 2.25 bits per heavy atom. The molecule has 1 aromatic carbocycles. The molecule has 0 aliphatic carbocycles. The number of nitrogens with two attached hydrogens (primary N) is 1. The average molecular weight is 288 g/mol. The summed E-state index contributed by atoms with van der Waals surface area (Å²) in [5.41, 5.74) is 5.94. The Morgan fingerprint density at radius 3 is 2.90 bits per heavy atom. The number of hydrogen-bond donors (Lipinski definition) is 2. The van der Waals surface area contributed by atoms with E-state index in [-0.39, 0.29) is 24.6 Å². The van der Waals surface area contributed by atoms with Gasteiger partial charge in [0.1, 0.15) is 5.82 Å². The van der Waals surface area contributed by atoms with Crippen molar-refractivity contribution in [2.75, 3.05) is 11.9 Å². The molecule has 0 bridgehead atoms. The molecule has 0 aliphatic heterocycles. The smallest absolute Gasteiger partial charge is 0.229 e. The summed E-state index contributed by atoms with van der Waals surface area (Å²) in [6.07, 6.45) is 0.242. The van der Waals surface area contributed by atoms with Gasteiger partial charge in [0, 0.05) is 10.4 Å². The lowest BCUT2D eigenvalue weighted by molar-refractivity contribution is -0.115. The van der Waals surface area contributed by atoms with E-state index < -0.39 is 5.82 Å². The number of carbonyl (C=O) groups excluding carboxylic acids is 1. The lowest BCUT2D eigenvalue weighted by Crippen LogP contribution is -2.14. The highest BCUT2D eigenvalue weighted by atomic mass is 32.1. The molecule has 1 amide bonds. The van der Waals surface area contributed by atoms with Gasteiger partial charge in [-0.1, -0.05) is 17.9 Å². The first-order valence-corrected chi connectivity index (χ1v) is 6.87. The number of benzene rings is 1. The van der Waals surface area contributed by atoms with Crippen LogP contribution in [0.4, 0.5) is 10.1 Å². The summed E-state index contributed by atoms with van der Waals surface area (Å²) in [5.74, 6) is 4.63. The zero-order valence-electron chi connectivity index (χ0n) is 10.7. The van der Waals surface area contributed by atoms with Gasteiger partial charge in [-0.05, 0) is 29.6 Å². The number of halogens is 1. The van der Waals surface area contributed by atoms with Crippen LogP contribution in [0, 0.1) is 17.7 Å². The highest BCUT2D eigenvalue weighted by Gasteiger charge is 2.08. The van der Waals surface area contributed by atoms with Crippen LogP contribution in [-0.4, -0.2) is 12.5 Å². The number of hydrogen-bond acceptors (Lipinski definition) is 3. The Labute approximate surface area is 120 Å². The van der Waals surface area contributed by atoms with Crippen molar-refractivity contribution in [1.29, 1.82) is 0 Å². The fourth-order valence-corrected chi connectivity index (χ4v) is 2.32. The molecule has 20 heavy (non-hydrogen) atoms. The summed E-state index contributed by atoms with van der Waals surface area (Å²) in [6, 6.07) is 8.17. The van der Waals surface area contributed by atoms with Gasteiger partial charge in [-0.25, -0.2) is 4.39 Å². The lowest BCUT2D eigenvalue weighted by Gasteiger charge is -2.06. The first-order chi connectivity index (χ1) is 9.69. The van der Waals surface area contributed by atoms with Crippen LogP contribution in [0.25, 0.3) is 0 Å². The number of thiophene rings is 1. The van der Waals surface area contributed by atoms with Crippen molar-refractivity contribution in [2.24, 2.45) is 5.73 Å². The third kappa shape index (κ3) is 3.92. The van der Waals surface area contributed by atoms with Crippen molar-refractivity contribution in [3.63, 3.8) is 0 Å². The molecule has 1 aromatic heterocycles. The highest BCUT2D eigenvalue weighted by Crippen LogP contribution is 2.16. The first-order valence-electron chi connectivity index (χ1n) is 6.00. The van der Waals surface area contributed by atoms with Crippen LogP contribution in [0.1, 0.15) is 10.4 Å². The van der Waals surface area contributed by atoms with Crippen LogP contribution in [-0.2, 0) is 11.2 Å². The highest BCUT2D eigenvalue weighted by molar-refractivity contribution is 7.10. The molecule has 0 fully saturated rings. The van der Waals surface area contributed by atoms with Gasteiger partial charge in [-0.3, -0.25) is 4.79 Å². The molecule has 2 rings (SSSR count). The van der Waals surface area contributed by atoms with Gasteiger partial charge in [0.05, 0.1) is 18.7 Å². The van der Waals surface area contributed by atoms with Crippen molar-refractivity contribution >= 4 is 22.9 Å². The van der Waals surface area contributed by atoms with Crippen molar-refractivity contribution in [1.82, 2.24) is 0 Å². The third-order valence-electron chi connectivity index (χ3n) is 2.49. The summed E-state index contributed by atoms with van der Waals surface area (Å²) in [7, 11) is 0. The van der Waals surface area contributed by atoms with E-state index in [4.69, 9.17) is 5.73 Å². The van der Waals surface area contributed by atoms with E-state index in [0.717, 1.165) is 4.88 Å². The molecule has 0 radical (unpaired) electrons. The van der Waals surface area contributed by atoms with Crippen molar-refractivity contribution in [2.45, 2.75) is 6.42 Å². The standard InChI is InChI=1S/C15H13FN2OS/c16-13-9-11(3-1-7-17)5-6-14(13)18-15(19)10-12-4-2-8-20-12/h2,4-6,8-9H,7,10,17H2,(H,18,19). The Kier molecular flexibility index (Phi) is 4.88. The molecule has 2 aromatic rings. The number of rotatable bonds is 3. The maximum Gasteiger partial charge on any atom is 0.229 e. The van der Waals surface area contributed by atoms with E-state index in [1.54, 1.807) is 6.07 Å². The monoisotopic (exact) mass is 288 g/mol. The second-order valence-electron chi connectivity index (χ2n) is 4.00. The van der Waals surface area contributed by atoms with E-state index >= 15 is 0 Å². The van der Waals surface area contributed by atoms with Gasteiger partial charge in [-0.15, -0.1) is 11.3 Å². The maximum absolute atomic E-state index is 13.8. The minimum absolute atomic E-state index is 0.157. The van der Waals surface area contributed by atoms with E-state index in [0.29, 0.717) is 5.56 Å². The SMILES string of the molecule is NCC#Cc1ccc(NC(=O)Cc2cccs2)c(F)c1. The third-order valence-corrected chi connectivity index (χ3v) is 3.37. The Bertz CT molecular complexity index is 656. The van der Waals surface area contributed by atoms with Gasteiger partial charge < -0.3 is 11.1 Å². The predicted molar refractivity (Wildman–Crippen MR) is 79.0 cm³/mol. The Hall–Kier alpha value is -2.16. The topological polar surface area (TPSA) is 55.1 Å². The van der Waals surface area contributed by atoms with Gasteiger partial charge in [-0.2, -0.15) is 0 Å². The number of anilines is 1. The van der Waals surface area contributed by atoms with Crippen LogP contribution >= 0.6 is 11.3 Å². The first kappa shape index (κ1) is 14.3. The average Bonchev–Trinajstić information content (AvgIpc) is 2.92. The van der Waals surface area contributed by atoms with Crippen LogP contribution in [0.15, 0.2) is 35.7 Å². The predicted octanol–water partition coefficient (Wildman–Crippen LogP) is 2.38. The van der Waals surface area contributed by atoms with Crippen LogP contribution in [0.2, 0.25) is 0 Å². The molecule has 102 valence electrons. The largest absolute Gasteiger partial charge is 0.323 e. The molecule has 3 nitrogen and oxygen atoms in total. The van der Waals surface area contributed by atoms with Crippen LogP contribution in [0.3, 0.4) is 0 Å². The second kappa shape index (κ2) is 6.85. The van der Waals surface area contributed by atoms with Crippen LogP contribution in [0.5, 0.6) is 0 Å². The summed E-state index contributed by atoms with van der Waals surface area (Å²) in [6.45, 7) is 0.223. The Balaban J connectivity index is 2.04. The number of carbonyl (C=O) groups is 1. The molecule has 0 saturated heterocycles. The molecule has 0 saturated carbocycles. The molecular weight excluding hydrogens is 275 g/mol. The van der Waals surface area contributed by atoms with Crippen molar-refractivity contribution in [3.8, 4) is 11.8 Å². The minimum atomic E-state index is -0.506. The quantitative estimate of drug-likeness (QED) is 0.852. The van der Waals surface area contributed by atoms with E-state index in [1.165, 1.54) is 23.5 Å². The zero-order chi connectivity index (χ0) is 14.4. The second-order valence-corrected chi connectivity index (χ2v) is 5.04. The zero-order valence-corrected chi connectivity index (χ0v) is 11.5. The molecule has 5 heteroatoms. The van der Waals surface area contributed by atoms with Crippen LogP contribution < -0.4 is 11.1 Å². The van der Waals surface area contributed by atoms with Gasteiger partial charge in [0.15, 0.2) is 0 Å². The number of nitrogens with one attached hydrogen (secondary N) is 1. The molecule has 3 N–H and O–H groups in total.